The molecule has 28 heavy (non-hydrogen) atoms. The molecule has 7 nitrogen and oxygen atoms in total. The average molecular weight is 376 g/mol. The summed E-state index contributed by atoms with van der Waals surface area (Å²) in [7, 11) is 0. The first kappa shape index (κ1) is 18.3. The quantitative estimate of drug-likeness (QED) is 0.702. The second-order valence-corrected chi connectivity index (χ2v) is 8.24. The Hall–Kier alpha value is -3.09. The zero-order chi connectivity index (χ0) is 19.9. The van der Waals surface area contributed by atoms with Gasteiger partial charge < -0.3 is 4.90 Å². The standard InChI is InChI=1S/C21H24N6O/c1-14-18(24-25-27(14)11-15-8-6-5-7-9-15)19(28)26-12-16-10-22-20(21(2,3)4)23-17(16)13-26/h5-10H,11-13H2,1-4H3. The van der Waals surface area contributed by atoms with Gasteiger partial charge in [-0.05, 0) is 12.5 Å². The van der Waals surface area contributed by atoms with E-state index in [1.807, 2.05) is 43.5 Å². The van der Waals surface area contributed by atoms with E-state index < -0.39 is 0 Å². The van der Waals surface area contributed by atoms with Crippen LogP contribution in [0.1, 0.15) is 59.6 Å². The van der Waals surface area contributed by atoms with E-state index in [0.29, 0.717) is 25.3 Å². The van der Waals surface area contributed by atoms with Crippen molar-refractivity contribution in [3.05, 3.63) is 70.6 Å². The van der Waals surface area contributed by atoms with E-state index >= 15 is 0 Å². The molecule has 0 spiro atoms. The third-order valence-corrected chi connectivity index (χ3v) is 4.97. The van der Waals surface area contributed by atoms with Gasteiger partial charge in [-0.15, -0.1) is 5.10 Å². The lowest BCUT2D eigenvalue weighted by molar-refractivity contribution is 0.0743. The van der Waals surface area contributed by atoms with Crippen LogP contribution in [-0.4, -0.2) is 35.8 Å². The summed E-state index contributed by atoms with van der Waals surface area (Å²) in [5.74, 6) is 0.678. The maximum Gasteiger partial charge on any atom is 0.276 e. The molecular formula is C21H24N6O. The van der Waals surface area contributed by atoms with Crippen molar-refractivity contribution in [2.75, 3.05) is 0 Å². The van der Waals surface area contributed by atoms with Crippen molar-refractivity contribution in [1.82, 2.24) is 29.9 Å². The Kier molecular flexibility index (Phi) is 4.45. The normalized spacial score (nSPS) is 13.6. The minimum absolute atomic E-state index is 0.118. The Balaban J connectivity index is 1.53. The Morgan fingerprint density at radius 2 is 1.89 bits per heavy atom. The summed E-state index contributed by atoms with van der Waals surface area (Å²) in [6.45, 7) is 9.71. The lowest BCUT2D eigenvalue weighted by Gasteiger charge is -2.16. The highest BCUT2D eigenvalue weighted by molar-refractivity contribution is 5.93. The molecule has 0 atom stereocenters. The topological polar surface area (TPSA) is 76.8 Å². The number of nitrogens with zero attached hydrogens (tertiary/aromatic N) is 6. The van der Waals surface area contributed by atoms with Crippen molar-refractivity contribution in [3.63, 3.8) is 0 Å². The van der Waals surface area contributed by atoms with E-state index in [2.05, 4.69) is 41.1 Å². The number of amides is 1. The molecule has 0 bridgehead atoms. The number of rotatable bonds is 3. The van der Waals surface area contributed by atoms with Gasteiger partial charge in [0, 0.05) is 23.7 Å². The number of benzene rings is 1. The summed E-state index contributed by atoms with van der Waals surface area (Å²) in [6, 6.07) is 10.0. The second kappa shape index (κ2) is 6.82. The highest BCUT2D eigenvalue weighted by Crippen LogP contribution is 2.26. The molecule has 3 heterocycles. The zero-order valence-electron chi connectivity index (χ0n) is 16.7. The Bertz CT molecular complexity index is 1020. The van der Waals surface area contributed by atoms with Crippen LogP contribution in [0.2, 0.25) is 0 Å². The molecule has 2 aromatic heterocycles. The van der Waals surface area contributed by atoms with Gasteiger partial charge in [0.15, 0.2) is 5.69 Å². The number of carbonyl (C=O) groups is 1. The minimum atomic E-state index is -0.122. The van der Waals surface area contributed by atoms with E-state index in [0.717, 1.165) is 28.3 Å². The smallest absolute Gasteiger partial charge is 0.276 e. The van der Waals surface area contributed by atoms with E-state index in [4.69, 9.17) is 0 Å². The molecule has 1 aliphatic rings. The highest BCUT2D eigenvalue weighted by atomic mass is 16.2. The van der Waals surface area contributed by atoms with E-state index in [-0.39, 0.29) is 11.3 Å². The molecule has 0 saturated carbocycles. The summed E-state index contributed by atoms with van der Waals surface area (Å²) in [5.41, 5.74) is 4.08. The SMILES string of the molecule is Cc1c(C(=O)N2Cc3cnc(C(C)(C)C)nc3C2)nnn1Cc1ccccc1. The van der Waals surface area contributed by atoms with Gasteiger partial charge in [-0.25, -0.2) is 14.6 Å². The van der Waals surface area contributed by atoms with Crippen LogP contribution in [-0.2, 0) is 25.0 Å². The molecule has 0 saturated heterocycles. The predicted octanol–water partition coefficient (Wildman–Crippen LogP) is 2.88. The van der Waals surface area contributed by atoms with Crippen molar-refractivity contribution in [3.8, 4) is 0 Å². The zero-order valence-corrected chi connectivity index (χ0v) is 16.7. The van der Waals surface area contributed by atoms with Crippen LogP contribution in [0.5, 0.6) is 0 Å². The molecule has 0 unspecified atom stereocenters. The summed E-state index contributed by atoms with van der Waals surface area (Å²) < 4.78 is 1.77. The highest BCUT2D eigenvalue weighted by Gasteiger charge is 2.30. The van der Waals surface area contributed by atoms with Crippen LogP contribution >= 0.6 is 0 Å². The molecule has 4 rings (SSSR count). The number of carbonyl (C=O) groups excluding carboxylic acids is 1. The lowest BCUT2D eigenvalue weighted by Crippen LogP contribution is -2.26. The van der Waals surface area contributed by atoms with Crippen molar-refractivity contribution in [2.24, 2.45) is 0 Å². The van der Waals surface area contributed by atoms with Crippen LogP contribution in [0.4, 0.5) is 0 Å². The lowest BCUT2D eigenvalue weighted by atomic mass is 9.95. The minimum Gasteiger partial charge on any atom is -0.327 e. The summed E-state index contributed by atoms with van der Waals surface area (Å²) in [6.07, 6.45) is 1.84. The summed E-state index contributed by atoms with van der Waals surface area (Å²) in [5, 5.41) is 8.35. The van der Waals surface area contributed by atoms with Gasteiger partial charge in [0.1, 0.15) is 5.82 Å². The molecule has 0 aliphatic carbocycles. The number of hydrogen-bond donors (Lipinski definition) is 0. The molecular weight excluding hydrogens is 352 g/mol. The van der Waals surface area contributed by atoms with Gasteiger partial charge in [-0.2, -0.15) is 0 Å². The predicted molar refractivity (Wildman–Crippen MR) is 105 cm³/mol. The Morgan fingerprint density at radius 3 is 2.61 bits per heavy atom. The fraction of sp³-hybridized carbons (Fsp3) is 0.381. The second-order valence-electron chi connectivity index (χ2n) is 8.24. The van der Waals surface area contributed by atoms with Gasteiger partial charge in [0.2, 0.25) is 0 Å². The van der Waals surface area contributed by atoms with Gasteiger partial charge in [-0.3, -0.25) is 4.79 Å². The number of fused-ring (bicyclic) bond motifs is 1. The van der Waals surface area contributed by atoms with Crippen LogP contribution in [0.15, 0.2) is 36.5 Å². The van der Waals surface area contributed by atoms with Crippen molar-refractivity contribution in [1.29, 1.82) is 0 Å². The largest absolute Gasteiger partial charge is 0.327 e. The fourth-order valence-electron chi connectivity index (χ4n) is 3.27. The first-order chi connectivity index (χ1) is 13.3. The fourth-order valence-corrected chi connectivity index (χ4v) is 3.27. The number of aromatic nitrogens is 5. The Morgan fingerprint density at radius 1 is 1.14 bits per heavy atom. The Labute approximate surface area is 164 Å². The summed E-state index contributed by atoms with van der Waals surface area (Å²) in [4.78, 5) is 24.0. The molecule has 0 N–H and O–H groups in total. The first-order valence-corrected chi connectivity index (χ1v) is 9.41. The number of hydrogen-bond acceptors (Lipinski definition) is 5. The third-order valence-electron chi connectivity index (χ3n) is 4.97. The van der Waals surface area contributed by atoms with E-state index in [9.17, 15) is 4.79 Å². The molecule has 1 aliphatic heterocycles. The van der Waals surface area contributed by atoms with E-state index in [1.54, 1.807) is 9.58 Å². The van der Waals surface area contributed by atoms with Gasteiger partial charge in [0.25, 0.3) is 5.91 Å². The van der Waals surface area contributed by atoms with Crippen LogP contribution in [0, 0.1) is 6.92 Å². The van der Waals surface area contributed by atoms with Gasteiger partial charge in [0.05, 0.1) is 24.5 Å². The third kappa shape index (κ3) is 3.40. The molecule has 0 radical (unpaired) electrons. The van der Waals surface area contributed by atoms with Crippen molar-refractivity contribution in [2.45, 2.75) is 52.7 Å². The van der Waals surface area contributed by atoms with Crippen molar-refractivity contribution >= 4 is 5.91 Å². The monoisotopic (exact) mass is 376 g/mol. The van der Waals surface area contributed by atoms with Crippen LogP contribution < -0.4 is 0 Å². The van der Waals surface area contributed by atoms with Crippen molar-refractivity contribution < 1.29 is 4.79 Å². The van der Waals surface area contributed by atoms with Crippen LogP contribution in [0.3, 0.4) is 0 Å². The van der Waals surface area contributed by atoms with Gasteiger partial charge in [-0.1, -0.05) is 56.3 Å². The maximum atomic E-state index is 13.0. The molecule has 144 valence electrons. The maximum absolute atomic E-state index is 13.0. The molecule has 1 aromatic carbocycles. The first-order valence-electron chi connectivity index (χ1n) is 9.41. The molecule has 3 aromatic rings. The van der Waals surface area contributed by atoms with E-state index in [1.165, 1.54) is 0 Å². The van der Waals surface area contributed by atoms with Crippen LogP contribution in [0.25, 0.3) is 0 Å². The summed E-state index contributed by atoms with van der Waals surface area (Å²) >= 11 is 0. The van der Waals surface area contributed by atoms with Gasteiger partial charge >= 0.3 is 0 Å². The molecule has 7 heteroatoms. The average Bonchev–Trinajstić information content (AvgIpc) is 3.25. The molecule has 1 amide bonds. The molecule has 0 fully saturated rings.